The summed E-state index contributed by atoms with van der Waals surface area (Å²) in [6.45, 7) is 1.09. The van der Waals surface area contributed by atoms with Crippen LogP contribution in [0.3, 0.4) is 0 Å². The molecule has 6 nitrogen and oxygen atoms in total. The summed E-state index contributed by atoms with van der Waals surface area (Å²) in [5.74, 6) is 0.169. The van der Waals surface area contributed by atoms with Crippen LogP contribution >= 0.6 is 0 Å². The fourth-order valence-corrected chi connectivity index (χ4v) is 5.72. The first-order valence-corrected chi connectivity index (χ1v) is 12.3. The number of fused-ring (bicyclic) bond motifs is 1. The molecule has 1 aromatic heterocycles. The number of nitrogens with one attached hydrogen (secondary N) is 1. The van der Waals surface area contributed by atoms with Gasteiger partial charge in [0.15, 0.2) is 0 Å². The van der Waals surface area contributed by atoms with Gasteiger partial charge in [0.25, 0.3) is 5.91 Å². The lowest BCUT2D eigenvalue weighted by Crippen LogP contribution is -2.35. The Morgan fingerprint density at radius 1 is 0.968 bits per heavy atom. The molecule has 1 saturated carbocycles. The van der Waals surface area contributed by atoms with E-state index in [-0.39, 0.29) is 10.8 Å². The van der Waals surface area contributed by atoms with Gasteiger partial charge in [-0.1, -0.05) is 30.7 Å². The molecule has 0 spiro atoms. The van der Waals surface area contributed by atoms with Crippen molar-refractivity contribution in [3.8, 4) is 0 Å². The van der Waals surface area contributed by atoms with Crippen LogP contribution in [-0.2, 0) is 10.0 Å². The Morgan fingerprint density at radius 3 is 2.52 bits per heavy atom. The molecule has 7 heteroatoms. The molecule has 1 N–H and O–H groups in total. The van der Waals surface area contributed by atoms with Crippen molar-refractivity contribution in [3.63, 3.8) is 0 Å². The minimum absolute atomic E-state index is 0.213. The summed E-state index contributed by atoms with van der Waals surface area (Å²) >= 11 is 0. The second-order valence-electron chi connectivity index (χ2n) is 8.33. The summed E-state index contributed by atoms with van der Waals surface area (Å²) in [5, 5.41) is 3.70. The molecule has 160 valence electrons. The quantitative estimate of drug-likeness (QED) is 0.638. The van der Waals surface area contributed by atoms with E-state index in [0.29, 0.717) is 30.3 Å². The van der Waals surface area contributed by atoms with Gasteiger partial charge in [-0.3, -0.25) is 9.78 Å². The van der Waals surface area contributed by atoms with Gasteiger partial charge in [-0.25, -0.2) is 8.42 Å². The number of rotatable bonds is 5. The number of carbonyl (C=O) groups is 1. The molecule has 31 heavy (non-hydrogen) atoms. The molecule has 2 aliphatic rings. The lowest BCUT2D eigenvalue weighted by atomic mass is 10.1. The van der Waals surface area contributed by atoms with Crippen molar-refractivity contribution in [2.24, 2.45) is 0 Å². The summed E-state index contributed by atoms with van der Waals surface area (Å²) < 4.78 is 27.5. The number of hydrogen-bond donors (Lipinski definition) is 1. The third-order valence-electron chi connectivity index (χ3n) is 6.02. The van der Waals surface area contributed by atoms with Crippen molar-refractivity contribution in [2.75, 3.05) is 18.4 Å². The van der Waals surface area contributed by atoms with E-state index in [4.69, 9.17) is 4.98 Å². The number of anilines is 1. The van der Waals surface area contributed by atoms with Crippen LogP contribution in [0.15, 0.2) is 59.5 Å². The molecule has 5 rings (SSSR count). The fraction of sp³-hybridized carbons (Fsp3) is 0.333. The first kappa shape index (κ1) is 20.2. The number of nitrogens with zero attached hydrogens (tertiary/aromatic N) is 2. The summed E-state index contributed by atoms with van der Waals surface area (Å²) in [6, 6.07) is 16.0. The molecule has 0 radical (unpaired) electrons. The van der Waals surface area contributed by atoms with E-state index >= 15 is 0 Å². The zero-order valence-electron chi connectivity index (χ0n) is 17.3. The molecule has 1 aliphatic heterocycles. The van der Waals surface area contributed by atoms with E-state index in [9.17, 15) is 13.2 Å². The second-order valence-corrected chi connectivity index (χ2v) is 10.3. The summed E-state index contributed by atoms with van der Waals surface area (Å²) in [4.78, 5) is 18.1. The topological polar surface area (TPSA) is 79.4 Å². The molecule has 1 amide bonds. The predicted octanol–water partition coefficient (Wildman–Crippen LogP) is 4.54. The highest BCUT2D eigenvalue weighted by Gasteiger charge is 2.28. The maximum Gasteiger partial charge on any atom is 0.256 e. The third kappa shape index (κ3) is 4.07. The lowest BCUT2D eigenvalue weighted by Gasteiger charge is -2.26. The van der Waals surface area contributed by atoms with E-state index in [0.717, 1.165) is 48.7 Å². The highest BCUT2D eigenvalue weighted by Crippen LogP contribution is 2.40. The largest absolute Gasteiger partial charge is 0.322 e. The van der Waals surface area contributed by atoms with Crippen molar-refractivity contribution in [1.29, 1.82) is 0 Å². The molecule has 0 atom stereocenters. The van der Waals surface area contributed by atoms with Crippen LogP contribution in [0.4, 0.5) is 5.69 Å². The molecule has 1 aliphatic carbocycles. The Hall–Kier alpha value is -2.77. The Balaban J connectivity index is 1.44. The fourth-order valence-electron chi connectivity index (χ4n) is 4.16. The van der Waals surface area contributed by atoms with Crippen molar-refractivity contribution >= 4 is 32.5 Å². The summed E-state index contributed by atoms with van der Waals surface area (Å²) in [7, 11) is -3.56. The molecule has 0 unspecified atom stereocenters. The number of sulfonamides is 1. The molecule has 2 heterocycles. The van der Waals surface area contributed by atoms with Crippen LogP contribution in [0.25, 0.3) is 10.9 Å². The average molecular weight is 436 g/mol. The zero-order chi connectivity index (χ0) is 21.4. The maximum atomic E-state index is 13.2. The van der Waals surface area contributed by atoms with Crippen molar-refractivity contribution in [3.05, 3.63) is 65.9 Å². The van der Waals surface area contributed by atoms with Crippen molar-refractivity contribution < 1.29 is 13.2 Å². The standard InChI is InChI=1S/C24H25N3O3S/c28-24(21-16-23(17-11-12-17)26-22-10-3-2-9-20(21)22)25-18-7-6-8-19(15-18)31(29,30)27-13-4-1-5-14-27/h2-3,6-10,15-17H,1,4-5,11-14H2,(H,25,28). The van der Waals surface area contributed by atoms with Gasteiger partial charge in [0.1, 0.15) is 0 Å². The number of piperidine rings is 1. The Labute approximate surface area is 182 Å². The Bertz CT molecular complexity index is 1250. The molecular weight excluding hydrogens is 410 g/mol. The van der Waals surface area contributed by atoms with Gasteiger partial charge in [0.2, 0.25) is 10.0 Å². The van der Waals surface area contributed by atoms with Gasteiger partial charge in [0.05, 0.1) is 16.0 Å². The second kappa shape index (κ2) is 8.05. The number of pyridine rings is 1. The molecule has 1 saturated heterocycles. The van der Waals surface area contributed by atoms with Crippen LogP contribution in [0.5, 0.6) is 0 Å². The van der Waals surface area contributed by atoms with Crippen LogP contribution < -0.4 is 5.32 Å². The minimum atomic E-state index is -3.56. The highest BCUT2D eigenvalue weighted by molar-refractivity contribution is 7.89. The van der Waals surface area contributed by atoms with Gasteiger partial charge < -0.3 is 5.32 Å². The van der Waals surface area contributed by atoms with E-state index < -0.39 is 10.0 Å². The number of amides is 1. The van der Waals surface area contributed by atoms with E-state index in [1.54, 1.807) is 24.3 Å². The number of hydrogen-bond acceptors (Lipinski definition) is 4. The molecule has 3 aromatic rings. The Morgan fingerprint density at radius 2 is 1.74 bits per heavy atom. The van der Waals surface area contributed by atoms with Gasteiger partial charge in [0, 0.05) is 35.8 Å². The summed E-state index contributed by atoms with van der Waals surface area (Å²) in [5.41, 5.74) is 2.79. The van der Waals surface area contributed by atoms with Gasteiger partial charge in [-0.15, -0.1) is 0 Å². The number of aromatic nitrogens is 1. The first-order chi connectivity index (χ1) is 15.0. The molecular formula is C24H25N3O3S. The number of para-hydroxylation sites is 1. The summed E-state index contributed by atoms with van der Waals surface area (Å²) in [6.07, 6.45) is 5.03. The van der Waals surface area contributed by atoms with E-state index in [1.165, 1.54) is 4.31 Å². The predicted molar refractivity (Wildman–Crippen MR) is 121 cm³/mol. The maximum absolute atomic E-state index is 13.2. The van der Waals surface area contributed by atoms with E-state index in [2.05, 4.69) is 5.32 Å². The molecule has 2 fully saturated rings. The van der Waals surface area contributed by atoms with Gasteiger partial charge >= 0.3 is 0 Å². The SMILES string of the molecule is O=C(Nc1cccc(S(=O)(=O)N2CCCCC2)c1)c1cc(C2CC2)nc2ccccc12. The van der Waals surface area contributed by atoms with Crippen LogP contribution in [0.1, 0.15) is 54.1 Å². The first-order valence-electron chi connectivity index (χ1n) is 10.8. The smallest absolute Gasteiger partial charge is 0.256 e. The number of carbonyl (C=O) groups excluding carboxylic acids is 1. The normalized spacial score (nSPS) is 17.5. The Kier molecular flexibility index (Phi) is 5.24. The van der Waals surface area contributed by atoms with Crippen LogP contribution in [0, 0.1) is 0 Å². The monoisotopic (exact) mass is 435 g/mol. The van der Waals surface area contributed by atoms with Crippen LogP contribution in [-0.4, -0.2) is 36.7 Å². The lowest BCUT2D eigenvalue weighted by molar-refractivity contribution is 0.102. The van der Waals surface area contributed by atoms with Crippen molar-refractivity contribution in [1.82, 2.24) is 9.29 Å². The highest BCUT2D eigenvalue weighted by atomic mass is 32.2. The average Bonchev–Trinajstić information content (AvgIpc) is 3.65. The van der Waals surface area contributed by atoms with Crippen molar-refractivity contribution in [2.45, 2.75) is 42.9 Å². The van der Waals surface area contributed by atoms with Gasteiger partial charge in [-0.2, -0.15) is 4.31 Å². The number of benzene rings is 2. The zero-order valence-corrected chi connectivity index (χ0v) is 18.1. The minimum Gasteiger partial charge on any atom is -0.322 e. The molecule has 2 aromatic carbocycles. The van der Waals surface area contributed by atoms with E-state index in [1.807, 2.05) is 30.3 Å². The van der Waals surface area contributed by atoms with Crippen LogP contribution in [0.2, 0.25) is 0 Å². The third-order valence-corrected chi connectivity index (χ3v) is 7.92. The van der Waals surface area contributed by atoms with Gasteiger partial charge in [-0.05, 0) is 56.0 Å². The molecule has 0 bridgehead atoms.